The van der Waals surface area contributed by atoms with Gasteiger partial charge < -0.3 is 5.43 Å². The lowest BCUT2D eigenvalue weighted by Crippen LogP contribution is -2.10. The van der Waals surface area contributed by atoms with E-state index in [1.807, 2.05) is 6.07 Å². The van der Waals surface area contributed by atoms with Crippen molar-refractivity contribution in [1.29, 1.82) is 0 Å². The minimum atomic E-state index is 0.797. The van der Waals surface area contributed by atoms with Gasteiger partial charge in [-0.15, -0.1) is 0 Å². The van der Waals surface area contributed by atoms with Crippen molar-refractivity contribution in [3.05, 3.63) is 23.9 Å². The number of pyridine rings is 1. The molecule has 0 atom stereocenters. The average molecular weight is 165 g/mol. The number of nitrogens with two attached hydrogens (primary N) is 1. The molecule has 0 spiro atoms. The summed E-state index contributed by atoms with van der Waals surface area (Å²) in [5.41, 5.74) is 3.79. The number of aryl methyl sites for hydroxylation is 1. The van der Waals surface area contributed by atoms with Gasteiger partial charge in [-0.3, -0.25) is 0 Å². The molecule has 12 heavy (non-hydrogen) atoms. The Labute approximate surface area is 73.0 Å². The number of nitrogens with zero attached hydrogens (tertiary/aromatic N) is 1. The fourth-order valence-electron chi connectivity index (χ4n) is 1.14. The Bertz CT molecular complexity index is 235. The van der Waals surface area contributed by atoms with E-state index in [0.717, 1.165) is 12.2 Å². The molecule has 1 aromatic heterocycles. The topological polar surface area (TPSA) is 50.9 Å². The molecule has 0 radical (unpaired) electrons. The molecule has 0 bridgehead atoms. The summed E-state index contributed by atoms with van der Waals surface area (Å²) in [7, 11) is 0. The quantitative estimate of drug-likeness (QED) is 0.527. The second-order valence-corrected chi connectivity index (χ2v) is 2.76. The van der Waals surface area contributed by atoms with Crippen LogP contribution in [0.15, 0.2) is 18.3 Å². The van der Waals surface area contributed by atoms with Crippen LogP contribution in [-0.2, 0) is 6.42 Å². The van der Waals surface area contributed by atoms with Crippen molar-refractivity contribution in [2.24, 2.45) is 5.84 Å². The summed E-state index contributed by atoms with van der Waals surface area (Å²) in [5, 5.41) is 0. The lowest BCUT2D eigenvalue weighted by molar-refractivity contribution is 0.793. The molecule has 66 valence electrons. The summed E-state index contributed by atoms with van der Waals surface area (Å²) in [4.78, 5) is 4.11. The van der Waals surface area contributed by atoms with Gasteiger partial charge in [-0.1, -0.05) is 19.4 Å². The minimum absolute atomic E-state index is 0.797. The Morgan fingerprint density at radius 1 is 1.58 bits per heavy atom. The molecule has 1 aromatic rings. The number of aromatic nitrogens is 1. The van der Waals surface area contributed by atoms with E-state index in [9.17, 15) is 0 Å². The number of nitrogen functional groups attached to an aromatic ring is 1. The molecule has 0 amide bonds. The molecule has 1 heterocycles. The van der Waals surface area contributed by atoms with Crippen LogP contribution in [0.4, 0.5) is 5.82 Å². The number of rotatable bonds is 4. The van der Waals surface area contributed by atoms with Gasteiger partial charge in [-0.25, -0.2) is 10.8 Å². The van der Waals surface area contributed by atoms with Crippen LogP contribution < -0.4 is 11.3 Å². The molecular weight excluding hydrogens is 150 g/mol. The first kappa shape index (κ1) is 9.00. The molecular formula is C9H15N3. The molecule has 3 nitrogen and oxygen atoms in total. The maximum absolute atomic E-state index is 5.31. The number of hydrogen-bond donors (Lipinski definition) is 2. The average Bonchev–Trinajstić information content (AvgIpc) is 2.15. The van der Waals surface area contributed by atoms with Crippen LogP contribution >= 0.6 is 0 Å². The first-order valence-corrected chi connectivity index (χ1v) is 4.29. The second-order valence-electron chi connectivity index (χ2n) is 2.76. The van der Waals surface area contributed by atoms with Gasteiger partial charge in [0.05, 0.1) is 0 Å². The highest BCUT2D eigenvalue weighted by molar-refractivity contribution is 5.42. The Morgan fingerprint density at radius 2 is 2.42 bits per heavy atom. The second kappa shape index (κ2) is 4.72. The van der Waals surface area contributed by atoms with Gasteiger partial charge in [-0.2, -0.15) is 0 Å². The van der Waals surface area contributed by atoms with E-state index in [2.05, 4.69) is 23.4 Å². The Balaban J connectivity index is 2.68. The first-order chi connectivity index (χ1) is 5.88. The summed E-state index contributed by atoms with van der Waals surface area (Å²) in [5.74, 6) is 6.11. The molecule has 0 aliphatic heterocycles. The van der Waals surface area contributed by atoms with Crippen LogP contribution in [0.2, 0.25) is 0 Å². The van der Waals surface area contributed by atoms with Gasteiger partial charge in [-0.05, 0) is 24.5 Å². The molecule has 0 aliphatic rings. The number of nitrogens with one attached hydrogen (secondary N) is 1. The summed E-state index contributed by atoms with van der Waals surface area (Å²) in [6.45, 7) is 2.17. The summed E-state index contributed by atoms with van der Waals surface area (Å²) < 4.78 is 0. The van der Waals surface area contributed by atoms with E-state index >= 15 is 0 Å². The van der Waals surface area contributed by atoms with Crippen molar-refractivity contribution in [1.82, 2.24) is 4.98 Å². The van der Waals surface area contributed by atoms with E-state index in [1.165, 1.54) is 18.4 Å². The summed E-state index contributed by atoms with van der Waals surface area (Å²) in [6.07, 6.45) is 5.16. The third kappa shape index (κ3) is 2.20. The van der Waals surface area contributed by atoms with E-state index in [1.54, 1.807) is 6.20 Å². The monoisotopic (exact) mass is 165 g/mol. The largest absolute Gasteiger partial charge is 0.308 e. The van der Waals surface area contributed by atoms with E-state index in [0.29, 0.717) is 0 Å². The predicted molar refractivity (Wildman–Crippen MR) is 50.7 cm³/mol. The molecule has 0 saturated heterocycles. The fraction of sp³-hybridized carbons (Fsp3) is 0.444. The van der Waals surface area contributed by atoms with Crippen molar-refractivity contribution >= 4 is 5.82 Å². The smallest absolute Gasteiger partial charge is 0.143 e. The highest BCUT2D eigenvalue weighted by Crippen LogP contribution is 2.12. The van der Waals surface area contributed by atoms with Crippen LogP contribution in [0.5, 0.6) is 0 Å². The maximum Gasteiger partial charge on any atom is 0.143 e. The highest BCUT2D eigenvalue weighted by Gasteiger charge is 1.99. The third-order valence-corrected chi connectivity index (χ3v) is 1.83. The van der Waals surface area contributed by atoms with E-state index in [-0.39, 0.29) is 0 Å². The van der Waals surface area contributed by atoms with Crippen molar-refractivity contribution in [2.45, 2.75) is 26.2 Å². The Morgan fingerprint density at radius 3 is 3.08 bits per heavy atom. The van der Waals surface area contributed by atoms with Crippen molar-refractivity contribution in [3.8, 4) is 0 Å². The number of anilines is 1. The SMILES string of the molecule is CCCCc1cccnc1NN. The number of hydrazine groups is 1. The molecule has 0 unspecified atom stereocenters. The molecule has 0 aliphatic carbocycles. The molecule has 0 saturated carbocycles. The minimum Gasteiger partial charge on any atom is -0.308 e. The van der Waals surface area contributed by atoms with Gasteiger partial charge in [0.15, 0.2) is 0 Å². The normalized spacial score (nSPS) is 9.83. The first-order valence-electron chi connectivity index (χ1n) is 4.29. The Hall–Kier alpha value is -1.09. The van der Waals surface area contributed by atoms with Crippen LogP contribution in [0.3, 0.4) is 0 Å². The Kier molecular flexibility index (Phi) is 3.54. The number of hydrogen-bond acceptors (Lipinski definition) is 3. The van der Waals surface area contributed by atoms with E-state index < -0.39 is 0 Å². The zero-order valence-electron chi connectivity index (χ0n) is 7.38. The van der Waals surface area contributed by atoms with Crippen molar-refractivity contribution in [2.75, 3.05) is 5.43 Å². The van der Waals surface area contributed by atoms with Gasteiger partial charge in [0.25, 0.3) is 0 Å². The summed E-state index contributed by atoms with van der Waals surface area (Å²) in [6, 6.07) is 3.99. The predicted octanol–water partition coefficient (Wildman–Crippen LogP) is 1.71. The van der Waals surface area contributed by atoms with Gasteiger partial charge in [0, 0.05) is 6.20 Å². The third-order valence-electron chi connectivity index (χ3n) is 1.83. The molecule has 0 fully saturated rings. The van der Waals surface area contributed by atoms with Crippen LogP contribution in [0.25, 0.3) is 0 Å². The lowest BCUT2D eigenvalue weighted by Gasteiger charge is -2.05. The molecule has 3 heteroatoms. The van der Waals surface area contributed by atoms with Crippen LogP contribution in [-0.4, -0.2) is 4.98 Å². The maximum atomic E-state index is 5.31. The lowest BCUT2D eigenvalue weighted by atomic mass is 10.1. The zero-order valence-corrected chi connectivity index (χ0v) is 7.38. The van der Waals surface area contributed by atoms with E-state index in [4.69, 9.17) is 5.84 Å². The van der Waals surface area contributed by atoms with Gasteiger partial charge in [0.2, 0.25) is 0 Å². The fourth-order valence-corrected chi connectivity index (χ4v) is 1.14. The molecule has 3 N–H and O–H groups in total. The number of unbranched alkanes of at least 4 members (excludes halogenated alkanes) is 1. The zero-order chi connectivity index (χ0) is 8.81. The van der Waals surface area contributed by atoms with Crippen molar-refractivity contribution < 1.29 is 0 Å². The van der Waals surface area contributed by atoms with Gasteiger partial charge >= 0.3 is 0 Å². The van der Waals surface area contributed by atoms with Crippen LogP contribution in [0.1, 0.15) is 25.3 Å². The highest BCUT2D eigenvalue weighted by atomic mass is 15.2. The molecule has 1 rings (SSSR count). The van der Waals surface area contributed by atoms with Gasteiger partial charge in [0.1, 0.15) is 5.82 Å². The molecule has 0 aromatic carbocycles. The summed E-state index contributed by atoms with van der Waals surface area (Å²) >= 11 is 0. The van der Waals surface area contributed by atoms with Crippen LogP contribution in [0, 0.1) is 0 Å². The van der Waals surface area contributed by atoms with Crippen molar-refractivity contribution in [3.63, 3.8) is 0 Å². The standard InChI is InChI=1S/C9H15N3/c1-2-3-5-8-6-4-7-11-9(8)12-10/h4,6-7H,2-3,5,10H2,1H3,(H,11,12).